The summed E-state index contributed by atoms with van der Waals surface area (Å²) >= 11 is 5.96. The Labute approximate surface area is 156 Å². The molecule has 1 atom stereocenters. The Kier molecular flexibility index (Phi) is 6.36. The molecule has 0 spiro atoms. The maximum absolute atomic E-state index is 12.2. The third kappa shape index (κ3) is 4.81. The molecule has 7 nitrogen and oxygen atoms in total. The van der Waals surface area contributed by atoms with Gasteiger partial charge in [-0.05, 0) is 50.4 Å². The highest BCUT2D eigenvalue weighted by Crippen LogP contribution is 2.16. The predicted octanol–water partition coefficient (Wildman–Crippen LogP) is 2.01. The van der Waals surface area contributed by atoms with Gasteiger partial charge in [-0.3, -0.25) is 9.59 Å². The molecular weight excluding hydrogens is 378 g/mol. The average molecular weight is 396 g/mol. The third-order valence-corrected chi connectivity index (χ3v) is 5.32. The Hall–Kier alpha value is -2.42. The Balaban J connectivity index is 2.01. The molecule has 0 heterocycles. The van der Waals surface area contributed by atoms with Crippen LogP contribution < -0.4 is 15.4 Å². The molecule has 26 heavy (non-hydrogen) atoms. The number of rotatable bonds is 6. The second kappa shape index (κ2) is 8.31. The minimum absolute atomic E-state index is 0.0815. The molecule has 0 saturated heterocycles. The number of amides is 2. The van der Waals surface area contributed by atoms with Crippen LogP contribution in [0.5, 0.6) is 0 Å². The molecule has 0 fully saturated rings. The van der Waals surface area contributed by atoms with E-state index in [9.17, 15) is 18.0 Å². The number of hydrogen-bond donors (Lipinski definition) is 3. The van der Waals surface area contributed by atoms with Gasteiger partial charge < -0.3 is 10.6 Å². The predicted molar refractivity (Wildman–Crippen MR) is 99.7 cm³/mol. The van der Waals surface area contributed by atoms with E-state index >= 15 is 0 Å². The van der Waals surface area contributed by atoms with Crippen LogP contribution in [0, 0.1) is 0 Å². The summed E-state index contributed by atoms with van der Waals surface area (Å²) in [4.78, 5) is 24.5. The molecule has 2 aromatic rings. The van der Waals surface area contributed by atoms with E-state index in [1.807, 2.05) is 0 Å². The van der Waals surface area contributed by atoms with Crippen LogP contribution in [0.1, 0.15) is 17.3 Å². The maximum Gasteiger partial charge on any atom is 0.253 e. The van der Waals surface area contributed by atoms with Crippen LogP contribution in [-0.2, 0) is 14.8 Å². The van der Waals surface area contributed by atoms with E-state index in [1.165, 1.54) is 38.2 Å². The van der Waals surface area contributed by atoms with Crippen molar-refractivity contribution in [3.05, 3.63) is 59.1 Å². The number of anilines is 1. The first kappa shape index (κ1) is 19.9. The van der Waals surface area contributed by atoms with Crippen molar-refractivity contribution in [3.8, 4) is 0 Å². The lowest BCUT2D eigenvalue weighted by atomic mass is 10.2. The maximum atomic E-state index is 12.2. The van der Waals surface area contributed by atoms with Gasteiger partial charge in [0, 0.05) is 5.69 Å². The summed E-state index contributed by atoms with van der Waals surface area (Å²) in [5.74, 6) is -0.914. The topological polar surface area (TPSA) is 104 Å². The van der Waals surface area contributed by atoms with Gasteiger partial charge in [0.15, 0.2) is 0 Å². The summed E-state index contributed by atoms with van der Waals surface area (Å²) in [6.45, 7) is 1.53. The van der Waals surface area contributed by atoms with Crippen LogP contribution in [0.2, 0.25) is 5.02 Å². The number of carbonyl (C=O) groups is 2. The molecule has 1 unspecified atom stereocenters. The van der Waals surface area contributed by atoms with Crippen LogP contribution in [0.25, 0.3) is 0 Å². The number of hydrogen-bond acceptors (Lipinski definition) is 4. The van der Waals surface area contributed by atoms with Crippen molar-refractivity contribution in [3.63, 3.8) is 0 Å². The molecule has 0 aliphatic carbocycles. The molecule has 0 saturated carbocycles. The summed E-state index contributed by atoms with van der Waals surface area (Å²) < 4.78 is 25.5. The van der Waals surface area contributed by atoms with Crippen molar-refractivity contribution >= 4 is 39.1 Å². The van der Waals surface area contributed by atoms with Crippen LogP contribution in [0.3, 0.4) is 0 Å². The molecule has 2 amide bonds. The second-order valence-electron chi connectivity index (χ2n) is 5.40. The molecule has 0 bridgehead atoms. The summed E-state index contributed by atoms with van der Waals surface area (Å²) in [6, 6.07) is 11.4. The van der Waals surface area contributed by atoms with Crippen molar-refractivity contribution in [2.75, 3.05) is 12.4 Å². The molecule has 2 aromatic carbocycles. The molecule has 3 N–H and O–H groups in total. The molecule has 0 radical (unpaired) electrons. The first-order valence-electron chi connectivity index (χ1n) is 7.64. The summed E-state index contributed by atoms with van der Waals surface area (Å²) in [7, 11) is -2.23. The van der Waals surface area contributed by atoms with Crippen LogP contribution in [0.4, 0.5) is 5.69 Å². The van der Waals surface area contributed by atoms with E-state index < -0.39 is 27.9 Å². The highest BCUT2D eigenvalue weighted by molar-refractivity contribution is 7.89. The molecule has 0 aliphatic heterocycles. The molecule has 138 valence electrons. The Morgan fingerprint density at radius 1 is 1.04 bits per heavy atom. The smallest absolute Gasteiger partial charge is 0.253 e. The third-order valence-electron chi connectivity index (χ3n) is 3.56. The number of sulfonamides is 1. The van der Waals surface area contributed by atoms with E-state index in [1.54, 1.807) is 24.3 Å². The van der Waals surface area contributed by atoms with Crippen LogP contribution in [0.15, 0.2) is 53.4 Å². The molecule has 2 rings (SSSR count). The fourth-order valence-corrected chi connectivity index (χ4v) is 3.02. The fourth-order valence-electron chi connectivity index (χ4n) is 2.07. The molecule has 0 aliphatic rings. The van der Waals surface area contributed by atoms with Gasteiger partial charge in [0.25, 0.3) is 5.91 Å². The van der Waals surface area contributed by atoms with Gasteiger partial charge in [0.2, 0.25) is 15.9 Å². The summed E-state index contributed by atoms with van der Waals surface area (Å²) in [5, 5.41) is 5.46. The lowest BCUT2D eigenvalue weighted by molar-refractivity contribution is -0.117. The van der Waals surface area contributed by atoms with Gasteiger partial charge in [-0.1, -0.05) is 23.7 Å². The van der Waals surface area contributed by atoms with Crippen molar-refractivity contribution in [1.29, 1.82) is 0 Å². The highest BCUT2D eigenvalue weighted by atomic mass is 35.5. The zero-order valence-electron chi connectivity index (χ0n) is 14.1. The van der Waals surface area contributed by atoms with Gasteiger partial charge in [-0.15, -0.1) is 0 Å². The zero-order chi connectivity index (χ0) is 19.3. The van der Waals surface area contributed by atoms with E-state index in [0.717, 1.165) is 0 Å². The van der Waals surface area contributed by atoms with Gasteiger partial charge in [-0.2, -0.15) is 0 Å². The highest BCUT2D eigenvalue weighted by Gasteiger charge is 2.18. The van der Waals surface area contributed by atoms with Crippen molar-refractivity contribution in [1.82, 2.24) is 10.0 Å². The first-order valence-corrected chi connectivity index (χ1v) is 9.50. The summed E-state index contributed by atoms with van der Waals surface area (Å²) in [5.41, 5.74) is 0.680. The lowest BCUT2D eigenvalue weighted by Crippen LogP contribution is -2.41. The average Bonchev–Trinajstić information content (AvgIpc) is 2.62. The van der Waals surface area contributed by atoms with E-state index in [4.69, 9.17) is 11.6 Å². The molecular formula is C17H18ClN3O4S. The number of benzene rings is 2. The van der Waals surface area contributed by atoms with Crippen molar-refractivity contribution in [2.24, 2.45) is 0 Å². The Morgan fingerprint density at radius 2 is 1.65 bits per heavy atom. The molecule has 0 aromatic heterocycles. The normalized spacial score (nSPS) is 12.3. The van der Waals surface area contributed by atoms with E-state index in [0.29, 0.717) is 10.7 Å². The quantitative estimate of drug-likeness (QED) is 0.695. The first-order chi connectivity index (χ1) is 12.2. The number of nitrogens with one attached hydrogen (secondary N) is 3. The van der Waals surface area contributed by atoms with Gasteiger partial charge in [0.1, 0.15) is 6.04 Å². The van der Waals surface area contributed by atoms with E-state index in [2.05, 4.69) is 15.4 Å². The van der Waals surface area contributed by atoms with Gasteiger partial charge in [0.05, 0.1) is 15.5 Å². The van der Waals surface area contributed by atoms with Crippen LogP contribution >= 0.6 is 11.6 Å². The van der Waals surface area contributed by atoms with Crippen LogP contribution in [-0.4, -0.2) is 33.3 Å². The zero-order valence-corrected chi connectivity index (χ0v) is 15.7. The van der Waals surface area contributed by atoms with E-state index in [-0.39, 0.29) is 10.5 Å². The Bertz CT molecular complexity index is 914. The second-order valence-corrected chi connectivity index (χ2v) is 7.69. The van der Waals surface area contributed by atoms with Gasteiger partial charge >= 0.3 is 0 Å². The minimum atomic E-state index is -3.54. The largest absolute Gasteiger partial charge is 0.340 e. The standard InChI is InChI=1S/C17H18ClN3O4S/c1-11(20-17(23)14-5-3-4-6-15(14)18)16(22)21-12-7-9-13(10-8-12)26(24,25)19-2/h3-11,19H,1-2H3,(H,20,23)(H,21,22). The fraction of sp³-hybridized carbons (Fsp3) is 0.176. The SMILES string of the molecule is CNS(=O)(=O)c1ccc(NC(=O)C(C)NC(=O)c2ccccc2Cl)cc1. The van der Waals surface area contributed by atoms with Gasteiger partial charge in [-0.25, -0.2) is 13.1 Å². The van der Waals surface area contributed by atoms with Crippen molar-refractivity contribution < 1.29 is 18.0 Å². The lowest BCUT2D eigenvalue weighted by Gasteiger charge is -2.15. The number of carbonyl (C=O) groups excluding carboxylic acids is 2. The minimum Gasteiger partial charge on any atom is -0.340 e. The summed E-state index contributed by atoms with van der Waals surface area (Å²) in [6.07, 6.45) is 0. The monoisotopic (exact) mass is 395 g/mol. The van der Waals surface area contributed by atoms with Crippen molar-refractivity contribution in [2.45, 2.75) is 17.9 Å². The Morgan fingerprint density at radius 3 is 2.23 bits per heavy atom. The molecule has 9 heteroatoms. The number of halogens is 1.